The fourth-order valence-electron chi connectivity index (χ4n) is 3.83. The first-order valence-corrected chi connectivity index (χ1v) is 8.23. The minimum absolute atomic E-state index is 0.137. The first-order chi connectivity index (χ1) is 12.1. The topological polar surface area (TPSA) is 79.9 Å². The molecule has 0 unspecified atom stereocenters. The fraction of sp³-hybridized carbons (Fsp3) is 0.211. The van der Waals surface area contributed by atoms with Gasteiger partial charge in [-0.1, -0.05) is 29.8 Å². The van der Waals surface area contributed by atoms with Gasteiger partial charge in [-0.2, -0.15) is 10.5 Å². The zero-order valence-corrected chi connectivity index (χ0v) is 13.9. The van der Waals surface area contributed by atoms with Gasteiger partial charge in [0.15, 0.2) is 0 Å². The van der Waals surface area contributed by atoms with E-state index in [0.29, 0.717) is 23.7 Å². The molecule has 1 amide bonds. The number of nitrogens with one attached hydrogen (secondary N) is 1. The molecule has 5 nitrogen and oxygen atoms in total. The SMILES string of the molecule is N#Cc1ccc(N2C[C@H](C#N)[C@@]3(C2)C(=O)Nc2ccccc23)cc1Cl. The summed E-state index contributed by atoms with van der Waals surface area (Å²) >= 11 is 6.15. The van der Waals surface area contributed by atoms with Crippen LogP contribution in [0.3, 0.4) is 0 Å². The minimum atomic E-state index is -0.883. The Bertz CT molecular complexity index is 974. The van der Waals surface area contributed by atoms with Crippen LogP contribution in [-0.4, -0.2) is 19.0 Å². The summed E-state index contributed by atoms with van der Waals surface area (Å²) in [5, 5.41) is 22.0. The predicted octanol–water partition coefficient (Wildman–Crippen LogP) is 3.06. The molecule has 0 aliphatic carbocycles. The zero-order chi connectivity index (χ0) is 17.6. The summed E-state index contributed by atoms with van der Waals surface area (Å²) in [5.41, 5.74) is 1.96. The van der Waals surface area contributed by atoms with Crippen molar-refractivity contribution in [1.29, 1.82) is 10.5 Å². The number of para-hydroxylation sites is 1. The molecule has 2 aliphatic rings. The third-order valence-corrected chi connectivity index (χ3v) is 5.41. The van der Waals surface area contributed by atoms with Gasteiger partial charge < -0.3 is 10.2 Å². The number of benzene rings is 2. The van der Waals surface area contributed by atoms with Gasteiger partial charge in [0.1, 0.15) is 11.5 Å². The summed E-state index contributed by atoms with van der Waals surface area (Å²) in [6.45, 7) is 0.830. The molecule has 2 atom stereocenters. The summed E-state index contributed by atoms with van der Waals surface area (Å²) < 4.78 is 0. The average Bonchev–Trinajstić information content (AvgIpc) is 3.15. The van der Waals surface area contributed by atoms with Crippen LogP contribution in [0.2, 0.25) is 5.02 Å². The second-order valence-corrected chi connectivity index (χ2v) is 6.72. The number of hydrogen-bond acceptors (Lipinski definition) is 4. The van der Waals surface area contributed by atoms with Gasteiger partial charge in [-0.25, -0.2) is 0 Å². The molecule has 0 bridgehead atoms. The van der Waals surface area contributed by atoms with Gasteiger partial charge in [0, 0.05) is 24.5 Å². The van der Waals surface area contributed by atoms with Crippen molar-refractivity contribution in [1.82, 2.24) is 0 Å². The Morgan fingerprint density at radius 1 is 1.24 bits per heavy atom. The lowest BCUT2D eigenvalue weighted by Crippen LogP contribution is -2.41. The number of amides is 1. The molecule has 6 heteroatoms. The Morgan fingerprint density at radius 3 is 2.76 bits per heavy atom. The molecule has 0 saturated carbocycles. The van der Waals surface area contributed by atoms with Crippen LogP contribution in [-0.2, 0) is 10.2 Å². The smallest absolute Gasteiger partial charge is 0.238 e. The summed E-state index contributed by atoms with van der Waals surface area (Å²) in [7, 11) is 0. The van der Waals surface area contributed by atoms with Crippen molar-refractivity contribution in [2.45, 2.75) is 5.41 Å². The normalized spacial score (nSPS) is 23.9. The van der Waals surface area contributed by atoms with E-state index in [1.54, 1.807) is 18.2 Å². The summed E-state index contributed by atoms with van der Waals surface area (Å²) in [6, 6.07) is 17.0. The van der Waals surface area contributed by atoms with Crippen molar-refractivity contribution in [3.8, 4) is 12.1 Å². The minimum Gasteiger partial charge on any atom is -0.369 e. The van der Waals surface area contributed by atoms with Crippen LogP contribution in [0.4, 0.5) is 11.4 Å². The number of hydrogen-bond donors (Lipinski definition) is 1. The molecule has 1 spiro atoms. The average molecular weight is 349 g/mol. The van der Waals surface area contributed by atoms with Gasteiger partial charge in [0.05, 0.1) is 22.6 Å². The Labute approximate surface area is 150 Å². The molecule has 122 valence electrons. The van der Waals surface area contributed by atoms with E-state index >= 15 is 0 Å². The van der Waals surface area contributed by atoms with E-state index in [1.807, 2.05) is 35.2 Å². The summed E-state index contributed by atoms with van der Waals surface area (Å²) in [4.78, 5) is 14.8. The molecule has 1 N–H and O–H groups in total. The Kier molecular flexibility index (Phi) is 3.42. The molecule has 1 fully saturated rings. The lowest BCUT2D eigenvalue weighted by atomic mass is 9.74. The number of rotatable bonds is 1. The van der Waals surface area contributed by atoms with Crippen molar-refractivity contribution in [2.24, 2.45) is 5.92 Å². The molecule has 2 aromatic rings. The van der Waals surface area contributed by atoms with Crippen LogP contribution in [0.1, 0.15) is 11.1 Å². The summed E-state index contributed by atoms with van der Waals surface area (Å²) in [5.74, 6) is -0.604. The number of anilines is 2. The van der Waals surface area contributed by atoms with Crippen LogP contribution < -0.4 is 10.2 Å². The Morgan fingerprint density at radius 2 is 2.04 bits per heavy atom. The van der Waals surface area contributed by atoms with Crippen molar-refractivity contribution in [3.63, 3.8) is 0 Å². The number of carbonyl (C=O) groups is 1. The molecule has 2 heterocycles. The van der Waals surface area contributed by atoms with E-state index < -0.39 is 11.3 Å². The van der Waals surface area contributed by atoms with Crippen LogP contribution in [0, 0.1) is 28.6 Å². The predicted molar refractivity (Wildman–Crippen MR) is 94.2 cm³/mol. The number of carbonyl (C=O) groups excluding carboxylic acids is 1. The number of halogens is 1. The van der Waals surface area contributed by atoms with Crippen LogP contribution >= 0.6 is 11.6 Å². The lowest BCUT2D eigenvalue weighted by Gasteiger charge is -2.25. The number of nitrogens with zero attached hydrogens (tertiary/aromatic N) is 3. The molecule has 25 heavy (non-hydrogen) atoms. The maximum Gasteiger partial charge on any atom is 0.238 e. The second-order valence-electron chi connectivity index (χ2n) is 6.31. The second kappa shape index (κ2) is 5.51. The van der Waals surface area contributed by atoms with E-state index in [2.05, 4.69) is 11.4 Å². The van der Waals surface area contributed by atoms with Crippen molar-refractivity contribution in [2.75, 3.05) is 23.3 Å². The fourth-order valence-corrected chi connectivity index (χ4v) is 4.05. The van der Waals surface area contributed by atoms with Crippen LogP contribution in [0.15, 0.2) is 42.5 Å². The quantitative estimate of drug-likeness (QED) is 0.858. The first kappa shape index (κ1) is 15.5. The molecule has 4 rings (SSSR count). The monoisotopic (exact) mass is 348 g/mol. The van der Waals surface area contributed by atoms with Gasteiger partial charge in [-0.3, -0.25) is 4.79 Å². The third-order valence-electron chi connectivity index (χ3n) is 5.09. The van der Waals surface area contributed by atoms with E-state index in [0.717, 1.165) is 16.9 Å². The Hall–Kier alpha value is -3.02. The molecule has 0 aromatic heterocycles. The van der Waals surface area contributed by atoms with Gasteiger partial charge in [-0.05, 0) is 29.8 Å². The van der Waals surface area contributed by atoms with E-state index in [9.17, 15) is 10.1 Å². The maximum absolute atomic E-state index is 12.8. The number of nitriles is 2. The van der Waals surface area contributed by atoms with Crippen molar-refractivity contribution in [3.05, 3.63) is 58.6 Å². The molecule has 1 saturated heterocycles. The standard InChI is InChI=1S/C19H13ClN4O/c20-16-7-14(6-5-12(16)8-21)24-10-13(9-22)19(11-24)15-3-1-2-4-17(15)23-18(19)25/h1-7,13H,10-11H2,(H,23,25)/t13-,19+/m0/s1. The van der Waals surface area contributed by atoms with E-state index in [1.165, 1.54) is 0 Å². The van der Waals surface area contributed by atoms with Gasteiger partial charge in [0.25, 0.3) is 0 Å². The zero-order valence-electron chi connectivity index (χ0n) is 13.2. The lowest BCUT2D eigenvalue weighted by molar-refractivity contribution is -0.120. The van der Waals surface area contributed by atoms with E-state index in [4.69, 9.17) is 16.9 Å². The molecule has 0 radical (unpaired) electrons. The van der Waals surface area contributed by atoms with Crippen molar-refractivity contribution < 1.29 is 4.79 Å². The molecular formula is C19H13ClN4O. The highest BCUT2D eigenvalue weighted by Crippen LogP contribution is 2.48. The first-order valence-electron chi connectivity index (χ1n) is 7.85. The molecular weight excluding hydrogens is 336 g/mol. The van der Waals surface area contributed by atoms with Crippen molar-refractivity contribution >= 4 is 28.9 Å². The maximum atomic E-state index is 12.8. The highest BCUT2D eigenvalue weighted by Gasteiger charge is 2.57. The van der Waals surface area contributed by atoms with Crippen LogP contribution in [0.5, 0.6) is 0 Å². The Balaban J connectivity index is 1.78. The molecule has 2 aliphatic heterocycles. The van der Waals surface area contributed by atoms with E-state index in [-0.39, 0.29) is 5.91 Å². The molecule has 2 aromatic carbocycles. The highest BCUT2D eigenvalue weighted by atomic mass is 35.5. The van der Waals surface area contributed by atoms with Gasteiger partial charge in [0.2, 0.25) is 5.91 Å². The number of fused-ring (bicyclic) bond motifs is 2. The van der Waals surface area contributed by atoms with Gasteiger partial charge in [-0.15, -0.1) is 0 Å². The van der Waals surface area contributed by atoms with Crippen LogP contribution in [0.25, 0.3) is 0 Å². The third kappa shape index (κ3) is 2.10. The highest BCUT2D eigenvalue weighted by molar-refractivity contribution is 6.32. The summed E-state index contributed by atoms with van der Waals surface area (Å²) in [6.07, 6.45) is 0. The van der Waals surface area contributed by atoms with Gasteiger partial charge >= 0.3 is 0 Å². The largest absolute Gasteiger partial charge is 0.369 e.